The summed E-state index contributed by atoms with van der Waals surface area (Å²) >= 11 is 0. The highest BCUT2D eigenvalue weighted by Crippen LogP contribution is 2.24. The first kappa shape index (κ1) is 14.4. The number of carbonyl (C=O) groups is 2. The molecule has 0 saturated carbocycles. The largest absolute Gasteiger partial charge is 0.481 e. The molecule has 0 spiro atoms. The smallest absolute Gasteiger partial charge is 0.319 e. The molecule has 2 atom stereocenters. The summed E-state index contributed by atoms with van der Waals surface area (Å²) < 4.78 is 0. The lowest BCUT2D eigenvalue weighted by Gasteiger charge is -2.18. The van der Waals surface area contributed by atoms with Gasteiger partial charge in [-0.2, -0.15) is 0 Å². The van der Waals surface area contributed by atoms with Gasteiger partial charge < -0.3 is 15.7 Å². The number of aliphatic carboxylic acids is 1. The van der Waals surface area contributed by atoms with E-state index < -0.39 is 17.9 Å². The van der Waals surface area contributed by atoms with E-state index in [2.05, 4.69) is 10.6 Å². The van der Waals surface area contributed by atoms with E-state index in [0.29, 0.717) is 0 Å². The van der Waals surface area contributed by atoms with Crippen molar-refractivity contribution in [2.75, 3.05) is 5.32 Å². The first-order chi connectivity index (χ1) is 9.47. The van der Waals surface area contributed by atoms with Crippen molar-refractivity contribution in [1.29, 1.82) is 0 Å². The number of anilines is 1. The molecule has 20 heavy (non-hydrogen) atoms. The lowest BCUT2D eigenvalue weighted by molar-refractivity contribution is -0.141. The van der Waals surface area contributed by atoms with Crippen LogP contribution in [0.1, 0.15) is 31.4 Å². The highest BCUT2D eigenvalue weighted by Gasteiger charge is 2.21. The predicted molar refractivity (Wildman–Crippen MR) is 76.9 cm³/mol. The maximum Gasteiger partial charge on any atom is 0.319 e. The van der Waals surface area contributed by atoms with Crippen LogP contribution >= 0.6 is 0 Å². The monoisotopic (exact) mass is 276 g/mol. The summed E-state index contributed by atoms with van der Waals surface area (Å²) in [6, 6.07) is 5.12. The Hall–Kier alpha value is -2.04. The Balaban J connectivity index is 1.93. The van der Waals surface area contributed by atoms with E-state index in [1.54, 1.807) is 13.8 Å². The van der Waals surface area contributed by atoms with E-state index in [-0.39, 0.29) is 6.03 Å². The first-order valence-corrected chi connectivity index (χ1v) is 6.89. The van der Waals surface area contributed by atoms with Crippen LogP contribution in [-0.4, -0.2) is 23.1 Å². The minimum absolute atomic E-state index is 0.372. The van der Waals surface area contributed by atoms with Crippen LogP contribution in [0.15, 0.2) is 18.2 Å². The van der Waals surface area contributed by atoms with Crippen molar-refractivity contribution in [3.8, 4) is 0 Å². The standard InChI is InChI=1S/C15H20N2O3/c1-9(14(18)19)10(2)16-15(20)17-13-7-6-11-4-3-5-12(11)8-13/h6-10H,3-5H2,1-2H3,(H,18,19)(H2,16,17,20). The normalized spacial score (nSPS) is 16.1. The summed E-state index contributed by atoms with van der Waals surface area (Å²) in [5.74, 6) is -1.55. The highest BCUT2D eigenvalue weighted by molar-refractivity contribution is 5.90. The summed E-state index contributed by atoms with van der Waals surface area (Å²) in [4.78, 5) is 22.7. The van der Waals surface area contributed by atoms with E-state index in [1.165, 1.54) is 11.1 Å². The fraction of sp³-hybridized carbons (Fsp3) is 0.467. The summed E-state index contributed by atoms with van der Waals surface area (Å²) in [5, 5.41) is 14.3. The van der Waals surface area contributed by atoms with Crippen molar-refractivity contribution in [3.05, 3.63) is 29.3 Å². The minimum atomic E-state index is -0.921. The zero-order chi connectivity index (χ0) is 14.7. The van der Waals surface area contributed by atoms with Gasteiger partial charge in [0.25, 0.3) is 0 Å². The molecule has 108 valence electrons. The van der Waals surface area contributed by atoms with Crippen LogP contribution in [0.5, 0.6) is 0 Å². The molecule has 3 N–H and O–H groups in total. The fourth-order valence-electron chi connectivity index (χ4n) is 2.36. The van der Waals surface area contributed by atoms with Crippen LogP contribution in [0.3, 0.4) is 0 Å². The second-order valence-corrected chi connectivity index (χ2v) is 5.35. The molecule has 5 heteroatoms. The maximum absolute atomic E-state index is 11.8. The molecule has 2 unspecified atom stereocenters. The topological polar surface area (TPSA) is 78.4 Å². The number of amides is 2. The Kier molecular flexibility index (Phi) is 4.27. The molecule has 0 radical (unpaired) electrons. The second kappa shape index (κ2) is 5.94. The number of benzene rings is 1. The highest BCUT2D eigenvalue weighted by atomic mass is 16.4. The Bertz CT molecular complexity index is 528. The summed E-state index contributed by atoms with van der Waals surface area (Å²) in [6.07, 6.45) is 3.33. The van der Waals surface area contributed by atoms with Crippen molar-refractivity contribution >= 4 is 17.7 Å². The number of aryl methyl sites for hydroxylation is 2. The molecule has 2 amide bonds. The molecule has 0 aromatic heterocycles. The average Bonchev–Trinajstić information content (AvgIpc) is 2.84. The summed E-state index contributed by atoms with van der Waals surface area (Å²) in [6.45, 7) is 3.25. The van der Waals surface area contributed by atoms with Crippen molar-refractivity contribution in [2.24, 2.45) is 5.92 Å². The number of rotatable bonds is 4. The molecule has 0 aliphatic heterocycles. The predicted octanol–water partition coefficient (Wildman–Crippen LogP) is 2.41. The van der Waals surface area contributed by atoms with Crippen LogP contribution in [0.25, 0.3) is 0 Å². The molecule has 0 fully saturated rings. The van der Waals surface area contributed by atoms with Gasteiger partial charge in [0.1, 0.15) is 0 Å². The number of nitrogens with one attached hydrogen (secondary N) is 2. The van der Waals surface area contributed by atoms with E-state index in [9.17, 15) is 9.59 Å². The molecular formula is C15H20N2O3. The average molecular weight is 276 g/mol. The number of carboxylic acids is 1. The van der Waals surface area contributed by atoms with Crippen molar-refractivity contribution < 1.29 is 14.7 Å². The minimum Gasteiger partial charge on any atom is -0.481 e. The fourth-order valence-corrected chi connectivity index (χ4v) is 2.36. The Morgan fingerprint density at radius 3 is 2.60 bits per heavy atom. The lowest BCUT2D eigenvalue weighted by Crippen LogP contribution is -2.42. The SMILES string of the molecule is CC(NC(=O)Nc1ccc2c(c1)CCC2)C(C)C(=O)O. The molecular weight excluding hydrogens is 256 g/mol. The van der Waals surface area contributed by atoms with Crippen LogP contribution in [0.2, 0.25) is 0 Å². The third-order valence-corrected chi connectivity index (χ3v) is 3.85. The molecule has 1 aromatic carbocycles. The summed E-state index contributed by atoms with van der Waals surface area (Å²) in [7, 11) is 0. The van der Waals surface area contributed by atoms with Crippen LogP contribution in [0.4, 0.5) is 10.5 Å². The number of carboxylic acid groups (broad SMARTS) is 1. The molecule has 0 bridgehead atoms. The quantitative estimate of drug-likeness (QED) is 0.790. The van der Waals surface area contributed by atoms with Gasteiger partial charge in [0.2, 0.25) is 0 Å². The van der Waals surface area contributed by atoms with E-state index >= 15 is 0 Å². The van der Waals surface area contributed by atoms with Gasteiger partial charge in [-0.15, -0.1) is 0 Å². The van der Waals surface area contributed by atoms with Gasteiger partial charge in [-0.3, -0.25) is 4.79 Å². The Morgan fingerprint density at radius 1 is 1.20 bits per heavy atom. The van der Waals surface area contributed by atoms with Gasteiger partial charge in [0, 0.05) is 11.7 Å². The van der Waals surface area contributed by atoms with Crippen LogP contribution in [0, 0.1) is 5.92 Å². The van der Waals surface area contributed by atoms with E-state index in [0.717, 1.165) is 24.9 Å². The third kappa shape index (κ3) is 3.29. The number of hydrogen-bond acceptors (Lipinski definition) is 2. The number of fused-ring (bicyclic) bond motifs is 1. The van der Waals surface area contributed by atoms with Crippen molar-refractivity contribution in [2.45, 2.75) is 39.2 Å². The van der Waals surface area contributed by atoms with Gasteiger partial charge in [-0.25, -0.2) is 4.79 Å². The number of urea groups is 1. The molecule has 0 saturated heterocycles. The molecule has 1 aliphatic carbocycles. The van der Waals surface area contributed by atoms with Crippen LogP contribution in [-0.2, 0) is 17.6 Å². The molecule has 1 aliphatic rings. The number of hydrogen-bond donors (Lipinski definition) is 3. The van der Waals surface area contributed by atoms with Gasteiger partial charge in [0.15, 0.2) is 0 Å². The zero-order valence-corrected chi connectivity index (χ0v) is 11.8. The van der Waals surface area contributed by atoms with Gasteiger partial charge >= 0.3 is 12.0 Å². The Morgan fingerprint density at radius 2 is 1.90 bits per heavy atom. The van der Waals surface area contributed by atoms with Crippen LogP contribution < -0.4 is 10.6 Å². The summed E-state index contributed by atoms with van der Waals surface area (Å²) in [5.41, 5.74) is 3.39. The first-order valence-electron chi connectivity index (χ1n) is 6.89. The van der Waals surface area contributed by atoms with Crippen molar-refractivity contribution in [1.82, 2.24) is 5.32 Å². The Labute approximate surface area is 118 Å². The van der Waals surface area contributed by atoms with E-state index in [1.807, 2.05) is 18.2 Å². The molecule has 0 heterocycles. The molecule has 1 aromatic rings. The van der Waals surface area contributed by atoms with E-state index in [4.69, 9.17) is 5.11 Å². The molecule has 5 nitrogen and oxygen atoms in total. The zero-order valence-electron chi connectivity index (χ0n) is 11.8. The van der Waals surface area contributed by atoms with Gasteiger partial charge in [0.05, 0.1) is 5.92 Å². The second-order valence-electron chi connectivity index (χ2n) is 5.35. The maximum atomic E-state index is 11.8. The van der Waals surface area contributed by atoms with Gasteiger partial charge in [-0.05, 0) is 56.4 Å². The van der Waals surface area contributed by atoms with Gasteiger partial charge in [-0.1, -0.05) is 6.07 Å². The van der Waals surface area contributed by atoms with Crippen molar-refractivity contribution in [3.63, 3.8) is 0 Å². The third-order valence-electron chi connectivity index (χ3n) is 3.85. The molecule has 2 rings (SSSR count). The lowest BCUT2D eigenvalue weighted by atomic mass is 10.0. The number of carbonyl (C=O) groups excluding carboxylic acids is 1.